The molecule has 5 heteroatoms. The monoisotopic (exact) mass is 332 g/mol. The molecule has 1 aromatic rings. The molecule has 1 aliphatic rings. The van der Waals surface area contributed by atoms with E-state index < -0.39 is 0 Å². The first-order valence-electron chi connectivity index (χ1n) is 5.84. The molecule has 3 nitrogen and oxygen atoms in total. The van der Waals surface area contributed by atoms with Crippen molar-refractivity contribution >= 4 is 21.7 Å². The lowest BCUT2D eigenvalue weighted by Crippen LogP contribution is -3.00. The summed E-state index contributed by atoms with van der Waals surface area (Å²) in [4.78, 5) is 14.2. The van der Waals surface area contributed by atoms with E-state index in [4.69, 9.17) is 4.74 Å². The Kier molecular flexibility index (Phi) is 6.86. The minimum atomic E-state index is 0. The summed E-state index contributed by atoms with van der Waals surface area (Å²) in [6.07, 6.45) is 0.585. The number of Topliss-reactive ketones (excluding diaryl/α,β-unsaturated/α-hetero) is 1. The fraction of sp³-hybridized carbons (Fsp3) is 0.462. The SMILES string of the molecule is O=C(CCN1CCOCC1)c1ccc(Br)cc1.[Cl-]. The molecular formula is C13H16BrClNO2-. The Labute approximate surface area is 122 Å². The van der Waals surface area contributed by atoms with E-state index in [2.05, 4.69) is 20.8 Å². The molecule has 1 aromatic carbocycles. The van der Waals surface area contributed by atoms with Gasteiger partial charge in [-0.15, -0.1) is 0 Å². The normalized spacial score (nSPS) is 16.1. The highest BCUT2D eigenvalue weighted by Gasteiger charge is 2.12. The third kappa shape index (κ3) is 4.69. The molecule has 1 fully saturated rings. The number of ether oxygens (including phenoxy) is 1. The molecule has 1 aliphatic heterocycles. The van der Waals surface area contributed by atoms with Crippen molar-refractivity contribution in [1.29, 1.82) is 0 Å². The first kappa shape index (κ1) is 15.6. The van der Waals surface area contributed by atoms with Crippen molar-refractivity contribution in [2.45, 2.75) is 6.42 Å². The van der Waals surface area contributed by atoms with Crippen molar-refractivity contribution in [2.24, 2.45) is 0 Å². The Bertz CT molecular complexity index is 377. The Balaban J connectivity index is 0.00000162. The molecule has 1 heterocycles. The van der Waals surface area contributed by atoms with Crippen LogP contribution >= 0.6 is 15.9 Å². The van der Waals surface area contributed by atoms with Gasteiger partial charge in [-0.1, -0.05) is 28.1 Å². The summed E-state index contributed by atoms with van der Waals surface area (Å²) in [5.74, 6) is 0.212. The predicted octanol–water partition coefficient (Wildman–Crippen LogP) is -0.642. The van der Waals surface area contributed by atoms with E-state index in [9.17, 15) is 4.79 Å². The molecule has 0 amide bonds. The summed E-state index contributed by atoms with van der Waals surface area (Å²) >= 11 is 3.36. The van der Waals surface area contributed by atoms with E-state index in [0.29, 0.717) is 6.42 Å². The van der Waals surface area contributed by atoms with Gasteiger partial charge in [0.05, 0.1) is 13.2 Å². The fourth-order valence-corrected chi connectivity index (χ4v) is 2.13. The topological polar surface area (TPSA) is 29.5 Å². The first-order chi connectivity index (χ1) is 8.25. The molecule has 0 atom stereocenters. The summed E-state index contributed by atoms with van der Waals surface area (Å²) in [6.45, 7) is 4.28. The molecule has 0 aliphatic carbocycles. The largest absolute Gasteiger partial charge is 1.00 e. The molecule has 0 spiro atoms. The van der Waals surface area contributed by atoms with Crippen LogP contribution in [0.5, 0.6) is 0 Å². The maximum absolute atomic E-state index is 11.9. The van der Waals surface area contributed by atoms with E-state index in [1.807, 2.05) is 24.3 Å². The zero-order chi connectivity index (χ0) is 12.1. The smallest absolute Gasteiger partial charge is 0.164 e. The zero-order valence-corrected chi connectivity index (χ0v) is 12.4. The van der Waals surface area contributed by atoms with E-state index in [-0.39, 0.29) is 18.2 Å². The maximum Gasteiger partial charge on any atom is 0.164 e. The molecule has 18 heavy (non-hydrogen) atoms. The third-order valence-corrected chi connectivity index (χ3v) is 3.45. The lowest BCUT2D eigenvalue weighted by molar-refractivity contribution is -0.0000119. The molecular weight excluding hydrogens is 318 g/mol. The number of carbonyl (C=O) groups is 1. The fourth-order valence-electron chi connectivity index (χ4n) is 1.86. The number of benzene rings is 1. The summed E-state index contributed by atoms with van der Waals surface area (Å²) in [7, 11) is 0. The first-order valence-corrected chi connectivity index (χ1v) is 6.64. The molecule has 0 bridgehead atoms. The Morgan fingerprint density at radius 1 is 1.22 bits per heavy atom. The van der Waals surface area contributed by atoms with Gasteiger partial charge in [0.1, 0.15) is 0 Å². The molecule has 0 saturated carbocycles. The number of hydrogen-bond acceptors (Lipinski definition) is 3. The number of nitrogens with zero attached hydrogens (tertiary/aromatic N) is 1. The van der Waals surface area contributed by atoms with Gasteiger partial charge in [-0.3, -0.25) is 9.69 Å². The minimum absolute atomic E-state index is 0. The number of carbonyl (C=O) groups excluding carboxylic acids is 1. The van der Waals surface area contributed by atoms with Crippen molar-refractivity contribution in [1.82, 2.24) is 4.90 Å². The molecule has 2 rings (SSSR count). The lowest BCUT2D eigenvalue weighted by atomic mass is 10.1. The van der Waals surface area contributed by atoms with Gasteiger partial charge < -0.3 is 17.1 Å². The minimum Gasteiger partial charge on any atom is -1.00 e. The van der Waals surface area contributed by atoms with Gasteiger partial charge in [0.15, 0.2) is 5.78 Å². The molecule has 100 valence electrons. The van der Waals surface area contributed by atoms with Crippen LogP contribution in [0.1, 0.15) is 16.8 Å². The standard InChI is InChI=1S/C13H16BrNO2.ClH/c14-12-3-1-11(2-4-12)13(16)5-6-15-7-9-17-10-8-15;/h1-4H,5-10H2;1H/p-1. The van der Waals surface area contributed by atoms with E-state index in [1.54, 1.807) is 0 Å². The second kappa shape index (κ2) is 7.89. The van der Waals surface area contributed by atoms with Crippen LogP contribution in [-0.4, -0.2) is 43.5 Å². The van der Waals surface area contributed by atoms with Crippen molar-refractivity contribution < 1.29 is 21.9 Å². The molecule has 0 unspecified atom stereocenters. The van der Waals surface area contributed by atoms with Crippen molar-refractivity contribution in [2.75, 3.05) is 32.8 Å². The van der Waals surface area contributed by atoms with Crippen molar-refractivity contribution in [3.05, 3.63) is 34.3 Å². The Hall–Kier alpha value is -0.420. The van der Waals surface area contributed by atoms with Gasteiger partial charge >= 0.3 is 0 Å². The summed E-state index contributed by atoms with van der Waals surface area (Å²) in [5.41, 5.74) is 0.793. The van der Waals surface area contributed by atoms with Crippen LogP contribution in [0.25, 0.3) is 0 Å². The van der Waals surface area contributed by atoms with Gasteiger partial charge in [-0.05, 0) is 12.1 Å². The van der Waals surface area contributed by atoms with Gasteiger partial charge in [0.25, 0.3) is 0 Å². The summed E-state index contributed by atoms with van der Waals surface area (Å²) < 4.78 is 6.27. The quantitative estimate of drug-likeness (QED) is 0.687. The van der Waals surface area contributed by atoms with Crippen LogP contribution in [0.4, 0.5) is 0 Å². The number of halogens is 2. The highest BCUT2D eigenvalue weighted by atomic mass is 79.9. The lowest BCUT2D eigenvalue weighted by Gasteiger charge is -2.26. The molecule has 1 saturated heterocycles. The molecule has 0 radical (unpaired) electrons. The average molecular weight is 334 g/mol. The average Bonchev–Trinajstić information content (AvgIpc) is 2.38. The van der Waals surface area contributed by atoms with Crippen LogP contribution in [0.15, 0.2) is 28.7 Å². The van der Waals surface area contributed by atoms with Crippen LogP contribution in [0, 0.1) is 0 Å². The van der Waals surface area contributed by atoms with E-state index in [0.717, 1.165) is 42.9 Å². The second-order valence-electron chi connectivity index (χ2n) is 4.13. The van der Waals surface area contributed by atoms with Crippen LogP contribution in [-0.2, 0) is 4.74 Å². The highest BCUT2D eigenvalue weighted by Crippen LogP contribution is 2.12. The van der Waals surface area contributed by atoms with Crippen molar-refractivity contribution in [3.8, 4) is 0 Å². The second-order valence-corrected chi connectivity index (χ2v) is 5.05. The van der Waals surface area contributed by atoms with Gasteiger partial charge in [0, 0.05) is 36.1 Å². The Morgan fingerprint density at radius 2 is 1.83 bits per heavy atom. The highest BCUT2D eigenvalue weighted by molar-refractivity contribution is 9.10. The third-order valence-electron chi connectivity index (χ3n) is 2.92. The Morgan fingerprint density at radius 3 is 2.44 bits per heavy atom. The number of morpholine rings is 1. The van der Waals surface area contributed by atoms with Gasteiger partial charge in [-0.25, -0.2) is 0 Å². The number of rotatable bonds is 4. The van der Waals surface area contributed by atoms with Crippen molar-refractivity contribution in [3.63, 3.8) is 0 Å². The number of hydrogen-bond donors (Lipinski definition) is 0. The number of ketones is 1. The van der Waals surface area contributed by atoms with Crippen LogP contribution < -0.4 is 12.4 Å². The molecule has 0 aromatic heterocycles. The van der Waals surface area contributed by atoms with Gasteiger partial charge in [0.2, 0.25) is 0 Å². The van der Waals surface area contributed by atoms with E-state index >= 15 is 0 Å². The van der Waals surface area contributed by atoms with Crippen LogP contribution in [0.3, 0.4) is 0 Å². The van der Waals surface area contributed by atoms with Crippen LogP contribution in [0.2, 0.25) is 0 Å². The zero-order valence-electron chi connectivity index (χ0n) is 10.1. The predicted molar refractivity (Wildman–Crippen MR) is 70.3 cm³/mol. The molecule has 0 N–H and O–H groups in total. The van der Waals surface area contributed by atoms with E-state index in [1.165, 1.54) is 0 Å². The summed E-state index contributed by atoms with van der Waals surface area (Å²) in [5, 5.41) is 0. The van der Waals surface area contributed by atoms with Gasteiger partial charge in [-0.2, -0.15) is 0 Å². The maximum atomic E-state index is 11.9. The summed E-state index contributed by atoms with van der Waals surface area (Å²) in [6, 6.07) is 7.54.